The Morgan fingerprint density at radius 1 is 1.44 bits per heavy atom. The molecule has 1 saturated heterocycles. The van der Waals surface area contributed by atoms with Crippen molar-refractivity contribution in [2.24, 2.45) is 0 Å². The molecule has 3 atom stereocenters. The van der Waals surface area contributed by atoms with Crippen LogP contribution in [0.25, 0.3) is 0 Å². The van der Waals surface area contributed by atoms with Crippen molar-refractivity contribution in [2.75, 3.05) is 20.1 Å². The number of nitrogens with one attached hydrogen (secondary N) is 1. The quantitative estimate of drug-likeness (QED) is 0.895. The van der Waals surface area contributed by atoms with Crippen LogP contribution in [0.15, 0.2) is 15.7 Å². The normalized spacial score (nSPS) is 33.3. The summed E-state index contributed by atoms with van der Waals surface area (Å²) in [5.41, 5.74) is 1.55. The summed E-state index contributed by atoms with van der Waals surface area (Å²) in [7, 11) is 2.24. The lowest BCUT2D eigenvalue weighted by Crippen LogP contribution is -2.46. The van der Waals surface area contributed by atoms with Gasteiger partial charge in [0.25, 0.3) is 0 Å². The number of likely N-dealkylation sites (tertiary alicyclic amines) is 1. The van der Waals surface area contributed by atoms with E-state index in [-0.39, 0.29) is 0 Å². The van der Waals surface area contributed by atoms with Gasteiger partial charge in [-0.2, -0.15) is 0 Å². The van der Waals surface area contributed by atoms with Crippen molar-refractivity contribution in [3.8, 4) is 0 Å². The third-order valence-electron chi connectivity index (χ3n) is 3.97. The Bertz CT molecular complexity index is 404. The molecule has 2 aliphatic heterocycles. The average Bonchev–Trinajstić information content (AvgIpc) is 2.77. The molecule has 2 nitrogen and oxygen atoms in total. The predicted molar refractivity (Wildman–Crippen MR) is 80.7 cm³/mol. The fourth-order valence-electron chi connectivity index (χ4n) is 3.09. The van der Waals surface area contributed by atoms with Crippen LogP contribution in [-0.2, 0) is 0 Å². The van der Waals surface area contributed by atoms with Crippen molar-refractivity contribution in [3.63, 3.8) is 0 Å². The Morgan fingerprint density at radius 3 is 3.17 bits per heavy atom. The molecule has 3 heterocycles. The molecule has 2 aliphatic rings. The molecular formula is C14H22N2S2. The lowest BCUT2D eigenvalue weighted by atomic mass is 10.00. The molecule has 0 amide bonds. The van der Waals surface area contributed by atoms with E-state index < -0.39 is 0 Å². The zero-order valence-electron chi connectivity index (χ0n) is 11.2. The first-order valence-corrected chi connectivity index (χ1v) is 8.67. The fraction of sp³-hybridized carbons (Fsp3) is 0.714. The minimum absolute atomic E-state index is 0.582. The number of thiophene rings is 1. The van der Waals surface area contributed by atoms with Gasteiger partial charge in [-0.1, -0.05) is 6.92 Å². The van der Waals surface area contributed by atoms with E-state index in [9.17, 15) is 0 Å². The molecule has 3 rings (SSSR count). The maximum absolute atomic E-state index is 3.91. The molecular weight excluding hydrogens is 260 g/mol. The minimum Gasteiger partial charge on any atom is -0.306 e. The van der Waals surface area contributed by atoms with E-state index in [1.54, 1.807) is 5.56 Å². The van der Waals surface area contributed by atoms with Gasteiger partial charge in [-0.15, -0.1) is 23.1 Å². The third kappa shape index (κ3) is 2.77. The number of hydrogen-bond acceptors (Lipinski definition) is 4. The molecule has 1 aromatic heterocycles. The smallest absolute Gasteiger partial charge is 0.0649 e. The molecule has 0 aliphatic carbocycles. The van der Waals surface area contributed by atoms with Gasteiger partial charge in [0.1, 0.15) is 0 Å². The van der Waals surface area contributed by atoms with Gasteiger partial charge in [-0.3, -0.25) is 0 Å². The van der Waals surface area contributed by atoms with Crippen molar-refractivity contribution < 1.29 is 0 Å². The maximum Gasteiger partial charge on any atom is 0.0649 e. The molecule has 0 saturated carbocycles. The Morgan fingerprint density at radius 2 is 2.33 bits per heavy atom. The van der Waals surface area contributed by atoms with Gasteiger partial charge in [0, 0.05) is 23.9 Å². The molecule has 2 unspecified atom stereocenters. The molecule has 0 radical (unpaired) electrons. The summed E-state index contributed by atoms with van der Waals surface area (Å²) in [5, 5.41) is 6.91. The summed E-state index contributed by atoms with van der Waals surface area (Å²) in [6.45, 7) is 4.82. The van der Waals surface area contributed by atoms with Crippen molar-refractivity contribution in [2.45, 2.75) is 47.7 Å². The number of nitrogens with zero attached hydrogens (tertiary/aromatic N) is 1. The Kier molecular flexibility index (Phi) is 3.99. The number of likely N-dealkylation sites (N-methyl/N-ethyl adjacent to an activating group) is 1. The van der Waals surface area contributed by atoms with E-state index in [1.165, 1.54) is 36.6 Å². The standard InChI is InChI=1S/C14H22N2S2/c1-10-8-13(12-5-7-17-14(12)18-10)15-11-4-3-6-16(2)9-11/h5,7,10-11,13,15H,3-4,6,8-9H2,1-2H3/t10-,11?,13?/m0/s1. The first-order chi connectivity index (χ1) is 8.72. The summed E-state index contributed by atoms with van der Waals surface area (Å²) in [6, 6.07) is 3.58. The van der Waals surface area contributed by atoms with E-state index in [0.717, 1.165) is 5.25 Å². The summed E-state index contributed by atoms with van der Waals surface area (Å²) in [6.07, 6.45) is 3.94. The van der Waals surface area contributed by atoms with Crippen LogP contribution in [0.5, 0.6) is 0 Å². The summed E-state index contributed by atoms with van der Waals surface area (Å²) in [4.78, 5) is 2.46. The van der Waals surface area contributed by atoms with Crippen LogP contribution in [0.1, 0.15) is 37.8 Å². The van der Waals surface area contributed by atoms with Crippen LogP contribution >= 0.6 is 23.1 Å². The van der Waals surface area contributed by atoms with Crippen LogP contribution < -0.4 is 5.32 Å². The largest absolute Gasteiger partial charge is 0.306 e. The Balaban J connectivity index is 1.69. The summed E-state index contributed by atoms with van der Waals surface area (Å²) < 4.78 is 1.54. The number of hydrogen-bond donors (Lipinski definition) is 1. The SMILES string of the molecule is C[C@H]1CC(NC2CCCN(C)C2)c2ccsc2S1. The van der Waals surface area contributed by atoms with Crippen molar-refractivity contribution in [1.82, 2.24) is 10.2 Å². The highest BCUT2D eigenvalue weighted by molar-refractivity contribution is 8.01. The second kappa shape index (κ2) is 5.53. The molecule has 18 heavy (non-hydrogen) atoms. The monoisotopic (exact) mass is 282 g/mol. The number of thioether (sulfide) groups is 1. The fourth-order valence-corrected chi connectivity index (χ4v) is 5.66. The predicted octanol–water partition coefficient (Wildman–Crippen LogP) is 3.36. The van der Waals surface area contributed by atoms with Crippen molar-refractivity contribution >= 4 is 23.1 Å². The molecule has 0 spiro atoms. The van der Waals surface area contributed by atoms with Crippen LogP contribution in [0.4, 0.5) is 0 Å². The Labute approximate surface area is 118 Å². The summed E-state index contributed by atoms with van der Waals surface area (Å²) in [5.74, 6) is 0. The third-order valence-corrected chi connectivity index (χ3v) is 6.31. The topological polar surface area (TPSA) is 15.3 Å². The second-order valence-corrected chi connectivity index (χ2v) is 8.27. The first kappa shape index (κ1) is 13.0. The highest BCUT2D eigenvalue weighted by atomic mass is 32.2. The minimum atomic E-state index is 0.582. The molecule has 1 aromatic rings. The highest BCUT2D eigenvalue weighted by Gasteiger charge is 2.28. The lowest BCUT2D eigenvalue weighted by Gasteiger charge is -2.35. The second-order valence-electron chi connectivity index (χ2n) is 5.65. The van der Waals surface area contributed by atoms with Crippen LogP contribution in [0.3, 0.4) is 0 Å². The summed E-state index contributed by atoms with van der Waals surface area (Å²) >= 11 is 3.96. The first-order valence-electron chi connectivity index (χ1n) is 6.91. The highest BCUT2D eigenvalue weighted by Crippen LogP contribution is 2.44. The molecule has 0 aromatic carbocycles. The van der Waals surface area contributed by atoms with Gasteiger partial charge in [-0.25, -0.2) is 0 Å². The number of piperidine rings is 1. The van der Waals surface area contributed by atoms with Gasteiger partial charge in [0.05, 0.1) is 4.21 Å². The van der Waals surface area contributed by atoms with E-state index in [4.69, 9.17) is 0 Å². The van der Waals surface area contributed by atoms with Gasteiger partial charge in [-0.05, 0) is 49.9 Å². The lowest BCUT2D eigenvalue weighted by molar-refractivity contribution is 0.213. The van der Waals surface area contributed by atoms with E-state index in [0.29, 0.717) is 12.1 Å². The molecule has 0 bridgehead atoms. The van der Waals surface area contributed by atoms with Crippen LogP contribution in [0.2, 0.25) is 0 Å². The molecule has 1 N–H and O–H groups in total. The van der Waals surface area contributed by atoms with Gasteiger partial charge < -0.3 is 10.2 Å². The Hall–Kier alpha value is -0.0300. The molecule has 4 heteroatoms. The van der Waals surface area contributed by atoms with E-state index >= 15 is 0 Å². The van der Waals surface area contributed by atoms with Gasteiger partial charge >= 0.3 is 0 Å². The van der Waals surface area contributed by atoms with Crippen molar-refractivity contribution in [1.29, 1.82) is 0 Å². The van der Waals surface area contributed by atoms with E-state index in [2.05, 4.69) is 47.4 Å². The number of fused-ring (bicyclic) bond motifs is 1. The van der Waals surface area contributed by atoms with Crippen LogP contribution in [0, 0.1) is 0 Å². The van der Waals surface area contributed by atoms with Gasteiger partial charge in [0.15, 0.2) is 0 Å². The maximum atomic E-state index is 3.91. The zero-order valence-corrected chi connectivity index (χ0v) is 12.8. The average molecular weight is 282 g/mol. The van der Waals surface area contributed by atoms with Crippen LogP contribution in [-0.4, -0.2) is 36.3 Å². The zero-order chi connectivity index (χ0) is 12.5. The number of rotatable bonds is 2. The molecule has 100 valence electrons. The molecule has 1 fully saturated rings. The van der Waals surface area contributed by atoms with Gasteiger partial charge in [0.2, 0.25) is 0 Å². The van der Waals surface area contributed by atoms with Crippen molar-refractivity contribution in [3.05, 3.63) is 17.0 Å². The van der Waals surface area contributed by atoms with E-state index in [1.807, 2.05) is 11.3 Å².